The predicted octanol–water partition coefficient (Wildman–Crippen LogP) is 5.33. The maximum absolute atomic E-state index is 4.87. The standard InChI is InChI=1S/C16H19BrN2S/c1-2-3-4-5-14-10-19-11-15(18-16(19)20-14)12-6-8-13(17)9-7-12/h6-10,15H,2-5,11H2,1H3. The molecule has 2 aliphatic rings. The van der Waals surface area contributed by atoms with Gasteiger partial charge in [0.15, 0.2) is 5.17 Å². The molecule has 0 aliphatic carbocycles. The number of thioether (sulfide) groups is 1. The number of amidine groups is 1. The summed E-state index contributed by atoms with van der Waals surface area (Å²) in [5.74, 6) is 0. The summed E-state index contributed by atoms with van der Waals surface area (Å²) >= 11 is 5.34. The van der Waals surface area contributed by atoms with Crippen molar-refractivity contribution in [2.45, 2.75) is 38.6 Å². The van der Waals surface area contributed by atoms with E-state index in [2.05, 4.69) is 58.2 Å². The Labute approximate surface area is 133 Å². The average molecular weight is 351 g/mol. The highest BCUT2D eigenvalue weighted by Crippen LogP contribution is 2.39. The number of unbranched alkanes of at least 4 members (excludes halogenated alkanes) is 2. The van der Waals surface area contributed by atoms with Crippen molar-refractivity contribution in [3.63, 3.8) is 0 Å². The van der Waals surface area contributed by atoms with Crippen LogP contribution < -0.4 is 0 Å². The lowest BCUT2D eigenvalue weighted by atomic mass is 10.1. The fourth-order valence-corrected chi connectivity index (χ4v) is 3.90. The Kier molecular flexibility index (Phi) is 4.51. The van der Waals surface area contributed by atoms with Crippen molar-refractivity contribution in [2.24, 2.45) is 4.99 Å². The summed E-state index contributed by atoms with van der Waals surface area (Å²) in [7, 11) is 0. The fraction of sp³-hybridized carbons (Fsp3) is 0.438. The normalized spacial score (nSPS) is 20.9. The minimum atomic E-state index is 0.291. The van der Waals surface area contributed by atoms with E-state index in [9.17, 15) is 0 Å². The molecule has 0 amide bonds. The first-order valence-corrected chi connectivity index (χ1v) is 8.85. The number of hydrogen-bond donors (Lipinski definition) is 0. The molecule has 0 aromatic heterocycles. The second-order valence-corrected chi connectivity index (χ2v) is 7.30. The van der Waals surface area contributed by atoms with E-state index in [4.69, 9.17) is 4.99 Å². The fourth-order valence-electron chi connectivity index (χ4n) is 2.55. The van der Waals surface area contributed by atoms with Gasteiger partial charge in [0.05, 0.1) is 12.6 Å². The second-order valence-electron chi connectivity index (χ2n) is 5.29. The van der Waals surface area contributed by atoms with Gasteiger partial charge in [0.2, 0.25) is 0 Å². The van der Waals surface area contributed by atoms with Crippen LogP contribution in [0.5, 0.6) is 0 Å². The Morgan fingerprint density at radius 1 is 1.30 bits per heavy atom. The highest BCUT2D eigenvalue weighted by Gasteiger charge is 2.30. The summed E-state index contributed by atoms with van der Waals surface area (Å²) in [6, 6.07) is 8.81. The Morgan fingerprint density at radius 2 is 2.10 bits per heavy atom. The number of allylic oxidation sites excluding steroid dienone is 1. The second kappa shape index (κ2) is 6.35. The smallest absolute Gasteiger partial charge is 0.168 e. The lowest BCUT2D eigenvalue weighted by Crippen LogP contribution is -2.16. The van der Waals surface area contributed by atoms with Crippen LogP contribution in [0.15, 0.2) is 44.8 Å². The monoisotopic (exact) mass is 350 g/mol. The van der Waals surface area contributed by atoms with Crippen LogP contribution in [0.3, 0.4) is 0 Å². The van der Waals surface area contributed by atoms with Gasteiger partial charge in [-0.25, -0.2) is 0 Å². The molecule has 3 rings (SSSR count). The quantitative estimate of drug-likeness (QED) is 0.666. The highest BCUT2D eigenvalue weighted by atomic mass is 79.9. The van der Waals surface area contributed by atoms with Crippen molar-refractivity contribution in [2.75, 3.05) is 6.54 Å². The summed E-state index contributed by atoms with van der Waals surface area (Å²) in [6.45, 7) is 3.24. The Balaban J connectivity index is 1.61. The van der Waals surface area contributed by atoms with Gasteiger partial charge in [-0.3, -0.25) is 4.99 Å². The third kappa shape index (κ3) is 3.12. The molecule has 0 fully saturated rings. The number of aliphatic imine (C=N–C) groups is 1. The molecule has 4 heteroatoms. The van der Waals surface area contributed by atoms with Gasteiger partial charge >= 0.3 is 0 Å². The highest BCUT2D eigenvalue weighted by molar-refractivity contribution is 9.10. The number of fused-ring (bicyclic) bond motifs is 1. The molecule has 1 unspecified atom stereocenters. The molecule has 0 saturated heterocycles. The molecule has 0 N–H and O–H groups in total. The van der Waals surface area contributed by atoms with E-state index in [0.717, 1.165) is 11.0 Å². The van der Waals surface area contributed by atoms with Crippen molar-refractivity contribution < 1.29 is 0 Å². The van der Waals surface area contributed by atoms with Gasteiger partial charge in [0.25, 0.3) is 0 Å². The average Bonchev–Trinajstić information content (AvgIpc) is 2.98. The first-order chi connectivity index (χ1) is 9.76. The van der Waals surface area contributed by atoms with Crippen LogP contribution in [0.4, 0.5) is 0 Å². The van der Waals surface area contributed by atoms with Crippen LogP contribution in [0, 0.1) is 0 Å². The molecular weight excluding hydrogens is 332 g/mol. The zero-order valence-electron chi connectivity index (χ0n) is 11.7. The van der Waals surface area contributed by atoms with Crippen molar-refractivity contribution >= 4 is 32.9 Å². The molecule has 1 aromatic carbocycles. The van der Waals surface area contributed by atoms with Crippen molar-refractivity contribution in [3.8, 4) is 0 Å². The first-order valence-electron chi connectivity index (χ1n) is 7.24. The summed E-state index contributed by atoms with van der Waals surface area (Å²) in [4.78, 5) is 8.66. The van der Waals surface area contributed by atoms with E-state index in [-0.39, 0.29) is 0 Å². The van der Waals surface area contributed by atoms with Crippen LogP contribution in [0.2, 0.25) is 0 Å². The first kappa shape index (κ1) is 14.2. The van der Waals surface area contributed by atoms with Crippen molar-refractivity contribution in [3.05, 3.63) is 45.4 Å². The molecule has 0 spiro atoms. The number of rotatable bonds is 5. The number of benzene rings is 1. The van der Waals surface area contributed by atoms with Crippen LogP contribution in [-0.4, -0.2) is 16.6 Å². The van der Waals surface area contributed by atoms with Gasteiger partial charge in [0.1, 0.15) is 0 Å². The summed E-state index contributed by atoms with van der Waals surface area (Å²) in [6.07, 6.45) is 7.42. The Morgan fingerprint density at radius 3 is 2.80 bits per heavy atom. The molecule has 2 aliphatic heterocycles. The summed E-state index contributed by atoms with van der Waals surface area (Å²) < 4.78 is 1.12. The number of halogens is 1. The van der Waals surface area contributed by atoms with Gasteiger partial charge < -0.3 is 4.90 Å². The topological polar surface area (TPSA) is 15.6 Å². The summed E-state index contributed by atoms with van der Waals surface area (Å²) in [5, 5.41) is 1.18. The molecule has 1 atom stereocenters. The molecular formula is C16H19BrN2S. The molecule has 20 heavy (non-hydrogen) atoms. The lowest BCUT2D eigenvalue weighted by molar-refractivity contribution is 0.554. The minimum Gasteiger partial charge on any atom is -0.324 e. The lowest BCUT2D eigenvalue weighted by Gasteiger charge is -2.11. The molecule has 106 valence electrons. The van der Waals surface area contributed by atoms with E-state index in [0.29, 0.717) is 6.04 Å². The third-order valence-electron chi connectivity index (χ3n) is 3.69. The summed E-state index contributed by atoms with van der Waals surface area (Å²) in [5.41, 5.74) is 1.30. The zero-order valence-corrected chi connectivity index (χ0v) is 14.1. The molecule has 1 aromatic rings. The van der Waals surface area contributed by atoms with Crippen molar-refractivity contribution in [1.29, 1.82) is 0 Å². The zero-order chi connectivity index (χ0) is 13.9. The largest absolute Gasteiger partial charge is 0.324 e. The predicted molar refractivity (Wildman–Crippen MR) is 90.8 cm³/mol. The molecule has 0 radical (unpaired) electrons. The maximum atomic E-state index is 4.87. The number of nitrogens with zero attached hydrogens (tertiary/aromatic N) is 2. The van der Waals surface area contributed by atoms with E-state index in [1.807, 2.05) is 11.8 Å². The van der Waals surface area contributed by atoms with Crippen LogP contribution in [0.25, 0.3) is 0 Å². The number of hydrogen-bond acceptors (Lipinski definition) is 3. The van der Waals surface area contributed by atoms with Crippen LogP contribution >= 0.6 is 27.7 Å². The maximum Gasteiger partial charge on any atom is 0.168 e. The van der Waals surface area contributed by atoms with Crippen LogP contribution in [0.1, 0.15) is 44.2 Å². The van der Waals surface area contributed by atoms with Crippen LogP contribution in [-0.2, 0) is 0 Å². The van der Waals surface area contributed by atoms with Gasteiger partial charge in [0, 0.05) is 15.6 Å². The Hall–Kier alpha value is -0.740. The van der Waals surface area contributed by atoms with E-state index in [1.54, 1.807) is 0 Å². The Bertz CT molecular complexity index is 536. The van der Waals surface area contributed by atoms with Gasteiger partial charge in [-0.2, -0.15) is 0 Å². The molecule has 0 saturated carbocycles. The SMILES string of the molecule is CCCCCC1=CN2CC(c3ccc(Br)cc3)N=C2S1. The third-order valence-corrected chi connectivity index (χ3v) is 5.31. The molecule has 0 bridgehead atoms. The van der Waals surface area contributed by atoms with E-state index < -0.39 is 0 Å². The molecule has 2 nitrogen and oxygen atoms in total. The van der Waals surface area contributed by atoms with Crippen molar-refractivity contribution in [1.82, 2.24) is 4.90 Å². The van der Waals surface area contributed by atoms with Gasteiger partial charge in [-0.1, -0.05) is 59.6 Å². The van der Waals surface area contributed by atoms with E-state index >= 15 is 0 Å². The van der Waals surface area contributed by atoms with Gasteiger partial charge in [-0.15, -0.1) is 0 Å². The minimum absolute atomic E-state index is 0.291. The van der Waals surface area contributed by atoms with E-state index in [1.165, 1.54) is 41.3 Å². The molecule has 2 heterocycles. The van der Waals surface area contributed by atoms with Gasteiger partial charge in [-0.05, 0) is 30.5 Å².